The topological polar surface area (TPSA) is 84.7 Å². The molecule has 0 aliphatic carbocycles. The third-order valence-corrected chi connectivity index (χ3v) is 4.26. The molecule has 0 aliphatic heterocycles. The van der Waals surface area contributed by atoms with E-state index < -0.39 is 0 Å². The fraction of sp³-hybridized carbons (Fsp3) is 0.250. The number of H-pyrrole nitrogens is 1. The summed E-state index contributed by atoms with van der Waals surface area (Å²) >= 11 is 7.32. The molecular formula is C16H15ClN4O2S. The summed E-state index contributed by atoms with van der Waals surface area (Å²) < 4.78 is 5.24. The van der Waals surface area contributed by atoms with E-state index in [4.69, 9.17) is 16.1 Å². The van der Waals surface area contributed by atoms with Crippen molar-refractivity contribution in [2.24, 2.45) is 0 Å². The van der Waals surface area contributed by atoms with Gasteiger partial charge in [0.2, 0.25) is 11.7 Å². The first-order chi connectivity index (χ1) is 11.6. The predicted molar refractivity (Wildman–Crippen MR) is 93.2 cm³/mol. The van der Waals surface area contributed by atoms with Gasteiger partial charge in [0.05, 0.1) is 5.75 Å². The molecule has 3 rings (SSSR count). The maximum Gasteiger partial charge on any atom is 0.251 e. The van der Waals surface area contributed by atoms with Crippen molar-refractivity contribution in [3.63, 3.8) is 0 Å². The van der Waals surface area contributed by atoms with E-state index in [9.17, 15) is 4.79 Å². The highest BCUT2D eigenvalue weighted by molar-refractivity contribution is 7.98. The fourth-order valence-electron chi connectivity index (χ4n) is 2.12. The summed E-state index contributed by atoms with van der Waals surface area (Å²) in [6.45, 7) is 2.05. The Kier molecular flexibility index (Phi) is 5.32. The molecule has 0 atom stereocenters. The number of aromatic amines is 1. The second-order valence-corrected chi connectivity index (χ2v) is 6.50. The average molecular weight is 363 g/mol. The van der Waals surface area contributed by atoms with Crippen LogP contribution in [0.4, 0.5) is 0 Å². The zero-order valence-corrected chi connectivity index (χ0v) is 14.5. The minimum absolute atomic E-state index is 0.152. The van der Waals surface area contributed by atoms with Gasteiger partial charge in [-0.1, -0.05) is 54.0 Å². The molecule has 0 bridgehead atoms. The molecular weight excluding hydrogens is 348 g/mol. The zero-order chi connectivity index (χ0) is 16.9. The first kappa shape index (κ1) is 16.7. The second-order valence-electron chi connectivity index (χ2n) is 5.10. The van der Waals surface area contributed by atoms with Crippen LogP contribution in [-0.4, -0.2) is 20.1 Å². The molecule has 0 unspecified atom stereocenters. The van der Waals surface area contributed by atoms with Gasteiger partial charge in [0.25, 0.3) is 5.56 Å². The summed E-state index contributed by atoms with van der Waals surface area (Å²) in [5, 5.41) is 5.12. The smallest absolute Gasteiger partial charge is 0.251 e. The van der Waals surface area contributed by atoms with E-state index >= 15 is 0 Å². The van der Waals surface area contributed by atoms with Crippen molar-refractivity contribution in [3.05, 3.63) is 57.3 Å². The molecule has 1 N–H and O–H groups in total. The van der Waals surface area contributed by atoms with Gasteiger partial charge in [0.15, 0.2) is 5.16 Å². The Morgan fingerprint density at radius 2 is 2.17 bits per heavy atom. The molecule has 3 aromatic rings. The summed E-state index contributed by atoms with van der Waals surface area (Å²) in [6, 6.07) is 8.78. The highest BCUT2D eigenvalue weighted by Crippen LogP contribution is 2.22. The molecule has 0 saturated carbocycles. The van der Waals surface area contributed by atoms with E-state index in [-0.39, 0.29) is 5.56 Å². The van der Waals surface area contributed by atoms with E-state index in [2.05, 4.69) is 20.1 Å². The van der Waals surface area contributed by atoms with Crippen LogP contribution in [-0.2, 0) is 12.2 Å². The number of halogens is 1. The number of thioether (sulfide) groups is 1. The Morgan fingerprint density at radius 1 is 1.29 bits per heavy atom. The van der Waals surface area contributed by atoms with Gasteiger partial charge < -0.3 is 9.51 Å². The minimum Gasteiger partial charge on any atom is -0.338 e. The molecule has 0 spiro atoms. The van der Waals surface area contributed by atoms with Crippen LogP contribution in [0.3, 0.4) is 0 Å². The quantitative estimate of drug-likeness (QED) is 0.531. The molecule has 24 heavy (non-hydrogen) atoms. The van der Waals surface area contributed by atoms with Crippen LogP contribution in [0.1, 0.15) is 24.9 Å². The van der Waals surface area contributed by atoms with Gasteiger partial charge in [0, 0.05) is 22.3 Å². The number of aromatic nitrogens is 4. The fourth-order valence-corrected chi connectivity index (χ4v) is 3.05. The first-order valence-electron chi connectivity index (χ1n) is 7.45. The Bertz CT molecular complexity index is 894. The Morgan fingerprint density at radius 3 is 2.96 bits per heavy atom. The highest BCUT2D eigenvalue weighted by Gasteiger charge is 2.10. The van der Waals surface area contributed by atoms with E-state index in [1.807, 2.05) is 19.1 Å². The van der Waals surface area contributed by atoms with Crippen molar-refractivity contribution in [2.45, 2.75) is 30.7 Å². The molecule has 0 amide bonds. The molecule has 1 aromatic carbocycles. The van der Waals surface area contributed by atoms with Gasteiger partial charge in [-0.05, 0) is 18.6 Å². The highest BCUT2D eigenvalue weighted by atomic mass is 35.5. The van der Waals surface area contributed by atoms with Crippen molar-refractivity contribution >= 4 is 23.4 Å². The maximum absolute atomic E-state index is 11.6. The average Bonchev–Trinajstić information content (AvgIpc) is 3.02. The molecule has 8 heteroatoms. The van der Waals surface area contributed by atoms with Gasteiger partial charge in [0.1, 0.15) is 0 Å². The Balaban J connectivity index is 1.71. The summed E-state index contributed by atoms with van der Waals surface area (Å²) in [4.78, 5) is 23.1. The van der Waals surface area contributed by atoms with Crippen molar-refractivity contribution in [2.75, 3.05) is 0 Å². The molecule has 0 radical (unpaired) electrons. The van der Waals surface area contributed by atoms with E-state index in [0.29, 0.717) is 27.6 Å². The van der Waals surface area contributed by atoms with Crippen LogP contribution >= 0.6 is 23.4 Å². The van der Waals surface area contributed by atoms with Crippen molar-refractivity contribution < 1.29 is 4.52 Å². The normalized spacial score (nSPS) is 10.9. The van der Waals surface area contributed by atoms with Crippen LogP contribution < -0.4 is 5.56 Å². The Labute approximate surface area is 147 Å². The molecule has 6 nitrogen and oxygen atoms in total. The number of aryl methyl sites for hydroxylation is 1. The first-order valence-corrected chi connectivity index (χ1v) is 8.82. The summed E-state index contributed by atoms with van der Waals surface area (Å²) in [5.74, 6) is 1.36. The third kappa shape index (κ3) is 4.24. The van der Waals surface area contributed by atoms with Crippen LogP contribution in [0, 0.1) is 0 Å². The third-order valence-electron chi connectivity index (χ3n) is 3.16. The van der Waals surface area contributed by atoms with E-state index in [1.54, 1.807) is 12.1 Å². The minimum atomic E-state index is -0.152. The lowest BCUT2D eigenvalue weighted by molar-refractivity contribution is 0.391. The van der Waals surface area contributed by atoms with Crippen molar-refractivity contribution in [3.8, 4) is 11.4 Å². The lowest BCUT2D eigenvalue weighted by atomic mass is 10.2. The SMILES string of the molecule is CCCc1cc(=O)[nH]c(SCc2nc(-c3cccc(Cl)c3)no2)n1. The van der Waals surface area contributed by atoms with Gasteiger partial charge in [-0.25, -0.2) is 4.98 Å². The van der Waals surface area contributed by atoms with Gasteiger partial charge in [-0.3, -0.25) is 4.79 Å². The van der Waals surface area contributed by atoms with E-state index in [0.717, 1.165) is 24.1 Å². The number of benzene rings is 1. The maximum atomic E-state index is 11.6. The van der Waals surface area contributed by atoms with Crippen LogP contribution in [0.5, 0.6) is 0 Å². The molecule has 2 heterocycles. The van der Waals surface area contributed by atoms with Crippen molar-refractivity contribution in [1.29, 1.82) is 0 Å². The number of hydrogen-bond acceptors (Lipinski definition) is 6. The lowest BCUT2D eigenvalue weighted by Gasteiger charge is -2.01. The van der Waals surface area contributed by atoms with Crippen LogP contribution in [0.15, 0.2) is 44.8 Å². The number of nitrogens with one attached hydrogen (secondary N) is 1. The van der Waals surface area contributed by atoms with E-state index in [1.165, 1.54) is 17.8 Å². The molecule has 0 aliphatic rings. The van der Waals surface area contributed by atoms with Gasteiger partial charge in [-0.15, -0.1) is 0 Å². The molecule has 2 aromatic heterocycles. The summed E-state index contributed by atoms with van der Waals surface area (Å²) in [5.41, 5.74) is 1.42. The van der Waals surface area contributed by atoms with Crippen molar-refractivity contribution in [1.82, 2.24) is 20.1 Å². The summed E-state index contributed by atoms with van der Waals surface area (Å²) in [6.07, 6.45) is 1.71. The van der Waals surface area contributed by atoms with Crippen LogP contribution in [0.2, 0.25) is 5.02 Å². The molecule has 0 fully saturated rings. The second kappa shape index (κ2) is 7.63. The predicted octanol–water partition coefficient (Wildman–Crippen LogP) is 3.72. The standard InChI is InChI=1S/C16H15ClN4O2S/c1-2-4-12-8-13(22)19-16(18-12)24-9-14-20-15(21-23-14)10-5-3-6-11(17)7-10/h3,5-8H,2,4,9H2,1H3,(H,18,19,22). The number of hydrogen-bond donors (Lipinski definition) is 1. The van der Waals surface area contributed by atoms with Crippen LogP contribution in [0.25, 0.3) is 11.4 Å². The van der Waals surface area contributed by atoms with Gasteiger partial charge in [-0.2, -0.15) is 4.98 Å². The zero-order valence-electron chi connectivity index (χ0n) is 13.0. The Hall–Kier alpha value is -2.12. The lowest BCUT2D eigenvalue weighted by Crippen LogP contribution is -2.09. The summed E-state index contributed by atoms with van der Waals surface area (Å²) in [7, 11) is 0. The number of nitrogens with zero attached hydrogens (tertiary/aromatic N) is 3. The molecule has 124 valence electrons. The number of rotatable bonds is 6. The largest absolute Gasteiger partial charge is 0.338 e. The van der Waals surface area contributed by atoms with Gasteiger partial charge >= 0.3 is 0 Å². The monoisotopic (exact) mass is 362 g/mol. The molecule has 0 saturated heterocycles.